The van der Waals surface area contributed by atoms with Crippen LogP contribution in [0.2, 0.25) is 0 Å². The number of aliphatic hydroxyl groups excluding tert-OH is 1. The average molecular weight is 1410 g/mol. The van der Waals surface area contributed by atoms with Crippen LogP contribution in [0.1, 0.15) is 407 Å². The van der Waals surface area contributed by atoms with Gasteiger partial charge in [-0.2, -0.15) is 0 Å². The lowest BCUT2D eigenvalue weighted by Gasteiger charge is -2.21. The molecule has 570 valence electrons. The minimum absolute atomic E-state index is 0.107. The summed E-state index contributed by atoms with van der Waals surface area (Å²) in [6.07, 6.45) is 59.8. The quantitative estimate of drug-likeness (QED) is 0.0222. The summed E-state index contributed by atoms with van der Waals surface area (Å²) in [4.78, 5) is 72.7. The molecule has 0 rings (SSSR count). The van der Waals surface area contributed by atoms with Crippen molar-refractivity contribution in [3.8, 4) is 0 Å². The third kappa shape index (κ3) is 70.5. The van der Waals surface area contributed by atoms with E-state index in [1.54, 1.807) is 0 Å². The second kappa shape index (κ2) is 70.1. The van der Waals surface area contributed by atoms with Crippen LogP contribution in [-0.2, 0) is 65.4 Å². The number of unbranched alkanes of at least 4 members (excludes halogenated alkanes) is 49. The van der Waals surface area contributed by atoms with Gasteiger partial charge in [0.1, 0.15) is 19.3 Å². The van der Waals surface area contributed by atoms with E-state index in [0.29, 0.717) is 25.7 Å². The molecule has 0 saturated carbocycles. The molecule has 0 bridgehead atoms. The Hall–Kier alpha value is -1.94. The van der Waals surface area contributed by atoms with Gasteiger partial charge < -0.3 is 33.8 Å². The van der Waals surface area contributed by atoms with Gasteiger partial charge in [0.25, 0.3) is 0 Å². The largest absolute Gasteiger partial charge is 0.472 e. The van der Waals surface area contributed by atoms with Crippen molar-refractivity contribution in [3.05, 3.63) is 0 Å². The summed E-state index contributed by atoms with van der Waals surface area (Å²) in [6, 6.07) is 0. The molecule has 0 saturated heterocycles. The van der Waals surface area contributed by atoms with Gasteiger partial charge in [-0.3, -0.25) is 37.3 Å². The van der Waals surface area contributed by atoms with Crippen molar-refractivity contribution in [2.45, 2.75) is 425 Å². The number of rotatable bonds is 77. The van der Waals surface area contributed by atoms with Gasteiger partial charge in [-0.05, 0) is 31.6 Å². The van der Waals surface area contributed by atoms with Gasteiger partial charge in [0.15, 0.2) is 12.2 Å². The third-order valence-electron chi connectivity index (χ3n) is 18.0. The molecule has 17 nitrogen and oxygen atoms in total. The number of phosphoric ester groups is 2. The summed E-state index contributed by atoms with van der Waals surface area (Å²) < 4.78 is 68.4. The van der Waals surface area contributed by atoms with Crippen molar-refractivity contribution in [3.63, 3.8) is 0 Å². The van der Waals surface area contributed by atoms with E-state index < -0.39 is 97.5 Å². The molecule has 0 aliphatic carbocycles. The highest BCUT2D eigenvalue weighted by Gasteiger charge is 2.30. The first kappa shape index (κ1) is 94.1. The first-order valence-electron chi connectivity index (χ1n) is 40.1. The zero-order valence-electron chi connectivity index (χ0n) is 62.5. The number of phosphoric acid groups is 2. The minimum Gasteiger partial charge on any atom is -0.462 e. The number of aliphatic hydroxyl groups is 1. The lowest BCUT2D eigenvalue weighted by Crippen LogP contribution is -2.30. The first-order valence-corrected chi connectivity index (χ1v) is 43.1. The molecule has 0 aliphatic heterocycles. The van der Waals surface area contributed by atoms with Crippen molar-refractivity contribution < 1.29 is 80.2 Å². The Morgan fingerprint density at radius 1 is 0.281 bits per heavy atom. The number of hydrogen-bond acceptors (Lipinski definition) is 15. The topological polar surface area (TPSA) is 237 Å². The Bertz CT molecular complexity index is 1840. The molecule has 0 fully saturated rings. The van der Waals surface area contributed by atoms with E-state index in [2.05, 4.69) is 34.6 Å². The molecular weight excluding hydrogens is 1260 g/mol. The highest BCUT2D eigenvalue weighted by Crippen LogP contribution is 2.45. The predicted octanol–water partition coefficient (Wildman–Crippen LogP) is 22.9. The maximum absolute atomic E-state index is 13.1. The van der Waals surface area contributed by atoms with Gasteiger partial charge in [0, 0.05) is 25.7 Å². The molecule has 0 aromatic rings. The molecule has 0 radical (unpaired) electrons. The molecule has 19 heteroatoms. The summed E-state index contributed by atoms with van der Waals surface area (Å²) in [5, 5.41) is 10.6. The average Bonchev–Trinajstić information content (AvgIpc) is 2.55. The van der Waals surface area contributed by atoms with E-state index >= 15 is 0 Å². The molecule has 0 amide bonds. The second-order valence-electron chi connectivity index (χ2n) is 28.2. The van der Waals surface area contributed by atoms with E-state index in [1.807, 2.05) is 0 Å². The Balaban J connectivity index is 5.16. The number of carbonyl (C=O) groups excluding carboxylic acids is 4. The molecule has 96 heavy (non-hydrogen) atoms. The fourth-order valence-corrected chi connectivity index (χ4v) is 13.5. The second-order valence-corrected chi connectivity index (χ2v) is 31.1. The molecule has 0 spiro atoms. The van der Waals surface area contributed by atoms with E-state index in [4.69, 9.17) is 37.0 Å². The van der Waals surface area contributed by atoms with E-state index in [9.17, 15) is 43.2 Å². The zero-order chi connectivity index (χ0) is 70.5. The zero-order valence-corrected chi connectivity index (χ0v) is 64.3. The van der Waals surface area contributed by atoms with Crippen LogP contribution in [0.5, 0.6) is 0 Å². The van der Waals surface area contributed by atoms with Crippen molar-refractivity contribution in [1.29, 1.82) is 0 Å². The van der Waals surface area contributed by atoms with Crippen LogP contribution in [0, 0.1) is 5.92 Å². The van der Waals surface area contributed by atoms with Crippen LogP contribution in [-0.4, -0.2) is 96.7 Å². The molecule has 3 N–H and O–H groups in total. The van der Waals surface area contributed by atoms with Gasteiger partial charge in [0.05, 0.1) is 26.4 Å². The van der Waals surface area contributed by atoms with Crippen LogP contribution in [0.3, 0.4) is 0 Å². The monoisotopic (exact) mass is 1410 g/mol. The first-order chi connectivity index (χ1) is 46.5. The highest BCUT2D eigenvalue weighted by atomic mass is 31.2. The molecule has 0 heterocycles. The highest BCUT2D eigenvalue weighted by molar-refractivity contribution is 7.47. The van der Waals surface area contributed by atoms with Crippen molar-refractivity contribution >= 4 is 39.5 Å². The maximum atomic E-state index is 13.1. The van der Waals surface area contributed by atoms with Crippen molar-refractivity contribution in [2.75, 3.05) is 39.6 Å². The van der Waals surface area contributed by atoms with Crippen LogP contribution in [0.4, 0.5) is 0 Å². The van der Waals surface area contributed by atoms with Crippen molar-refractivity contribution in [2.24, 2.45) is 5.92 Å². The van der Waals surface area contributed by atoms with Gasteiger partial charge in [-0.1, -0.05) is 356 Å². The molecule has 5 atom stereocenters. The normalized spacial score (nSPS) is 13.9. The van der Waals surface area contributed by atoms with Gasteiger partial charge in [-0.15, -0.1) is 0 Å². The smallest absolute Gasteiger partial charge is 0.462 e. The lowest BCUT2D eigenvalue weighted by molar-refractivity contribution is -0.161. The Labute approximate surface area is 588 Å². The summed E-state index contributed by atoms with van der Waals surface area (Å²) in [5.41, 5.74) is 0. The Kier molecular flexibility index (Phi) is 68.7. The number of ether oxygens (including phenoxy) is 4. The fraction of sp³-hybridized carbons (Fsp3) is 0.948. The molecule has 0 aromatic heterocycles. The summed E-state index contributed by atoms with van der Waals surface area (Å²) in [5.74, 6) is -1.33. The molecule has 0 aromatic carbocycles. The van der Waals surface area contributed by atoms with Gasteiger partial charge >= 0.3 is 39.5 Å². The van der Waals surface area contributed by atoms with Crippen LogP contribution in [0.15, 0.2) is 0 Å². The SMILES string of the molecule is CCCCCCCCCCCCCCCCCCCCCCCCC(=O)O[C@H](COC(=O)CCCCCCCCCCCCCCC(C)C)COP(=O)(O)OC[C@@H](O)COP(=O)(O)OC[C@@H](COC(=O)CCCCCCCCCC)OC(=O)CCCCCCCCCCCCC. The number of hydrogen-bond donors (Lipinski definition) is 3. The Morgan fingerprint density at radius 3 is 0.708 bits per heavy atom. The molecule has 2 unspecified atom stereocenters. The summed E-state index contributed by atoms with van der Waals surface area (Å²) in [7, 11) is -9.90. The summed E-state index contributed by atoms with van der Waals surface area (Å²) in [6.45, 7) is 7.27. The molecule has 0 aliphatic rings. The maximum Gasteiger partial charge on any atom is 0.472 e. The van der Waals surface area contributed by atoms with E-state index in [-0.39, 0.29) is 25.7 Å². The van der Waals surface area contributed by atoms with Crippen LogP contribution >= 0.6 is 15.6 Å². The predicted molar refractivity (Wildman–Crippen MR) is 391 cm³/mol. The van der Waals surface area contributed by atoms with Gasteiger partial charge in [-0.25, -0.2) is 9.13 Å². The van der Waals surface area contributed by atoms with Crippen LogP contribution < -0.4 is 0 Å². The number of carbonyl (C=O) groups is 4. The van der Waals surface area contributed by atoms with Crippen molar-refractivity contribution in [1.82, 2.24) is 0 Å². The van der Waals surface area contributed by atoms with Crippen LogP contribution in [0.25, 0.3) is 0 Å². The third-order valence-corrected chi connectivity index (χ3v) is 19.9. The number of esters is 4. The lowest BCUT2D eigenvalue weighted by atomic mass is 10.0. The Morgan fingerprint density at radius 2 is 0.479 bits per heavy atom. The van der Waals surface area contributed by atoms with E-state index in [1.165, 1.54) is 225 Å². The van der Waals surface area contributed by atoms with Gasteiger partial charge in [0.2, 0.25) is 0 Å². The minimum atomic E-state index is -4.96. The summed E-state index contributed by atoms with van der Waals surface area (Å²) >= 11 is 0. The standard InChI is InChI=1S/C77H150O17P2/c1-6-9-12-15-18-21-23-24-25-26-27-28-29-30-31-32-33-39-43-48-53-58-63-77(82)94-73(67-88-75(80)61-56-51-46-41-38-35-34-37-40-44-49-54-59-70(4)5)69-92-96(85,86)90-65-71(78)64-89-95(83,84)91-68-72(66-87-74(79)60-55-50-45-20-17-14-11-8-3)93-76(81)62-57-52-47-42-36-22-19-16-13-10-7-2/h70-73,78H,6-69H2,1-5H3,(H,83,84)(H,85,86)/t71-,72+,73+/m0/s1. The molecular formula is C77H150O17P2. The fourth-order valence-electron chi connectivity index (χ4n) is 11.9. The van der Waals surface area contributed by atoms with E-state index in [0.717, 1.165) is 102 Å².